The van der Waals surface area contributed by atoms with Crippen molar-refractivity contribution in [3.8, 4) is 0 Å². The smallest absolute Gasteiger partial charge is 0.245 e. The predicted octanol–water partition coefficient (Wildman–Crippen LogP) is 2.03. The molecule has 0 bridgehead atoms. The van der Waals surface area contributed by atoms with Crippen molar-refractivity contribution < 1.29 is 9.59 Å². The van der Waals surface area contributed by atoms with E-state index in [-0.39, 0.29) is 35.9 Å². The highest BCUT2D eigenvalue weighted by atomic mass is 32.2. The van der Waals surface area contributed by atoms with Crippen molar-refractivity contribution >= 4 is 23.6 Å². The molecule has 0 aromatic rings. The van der Waals surface area contributed by atoms with Gasteiger partial charge in [-0.15, -0.1) is 0 Å². The maximum absolute atomic E-state index is 12.5. The second kappa shape index (κ2) is 6.37. The molecule has 2 aliphatic rings. The number of nitrogens with one attached hydrogen (secondary N) is 1. The minimum atomic E-state index is -0.379. The molecule has 1 heterocycles. The molecule has 1 saturated heterocycles. The Hall–Kier alpha value is -0.710. The molecule has 2 amide bonds. The Labute approximate surface area is 126 Å². The first-order chi connectivity index (χ1) is 9.45. The average Bonchev–Trinajstić information content (AvgIpc) is 2.81. The molecule has 2 rings (SSSR count). The summed E-state index contributed by atoms with van der Waals surface area (Å²) in [5.41, 5.74) is 0. The summed E-state index contributed by atoms with van der Waals surface area (Å²) in [6.45, 7) is 8.01. The Balaban J connectivity index is 2.16. The van der Waals surface area contributed by atoms with Gasteiger partial charge in [0.2, 0.25) is 11.8 Å². The van der Waals surface area contributed by atoms with Crippen LogP contribution in [0.4, 0.5) is 0 Å². The molecule has 1 N–H and O–H groups in total. The van der Waals surface area contributed by atoms with Crippen molar-refractivity contribution in [3.63, 3.8) is 0 Å². The van der Waals surface area contributed by atoms with Gasteiger partial charge >= 0.3 is 0 Å². The largest absolute Gasteiger partial charge is 0.343 e. The van der Waals surface area contributed by atoms with Crippen LogP contribution in [0.2, 0.25) is 0 Å². The third-order valence-corrected chi connectivity index (χ3v) is 5.57. The van der Waals surface area contributed by atoms with Gasteiger partial charge in [0.25, 0.3) is 0 Å². The fourth-order valence-corrected chi connectivity index (χ4v) is 4.57. The Morgan fingerprint density at radius 1 is 1.35 bits per heavy atom. The lowest BCUT2D eigenvalue weighted by Gasteiger charge is -2.43. The van der Waals surface area contributed by atoms with E-state index in [4.69, 9.17) is 0 Å². The first-order valence-electron chi connectivity index (χ1n) is 7.69. The molecule has 114 valence electrons. The summed E-state index contributed by atoms with van der Waals surface area (Å²) in [7, 11) is 0. The molecule has 4 atom stereocenters. The number of thioether (sulfide) groups is 1. The van der Waals surface area contributed by atoms with Crippen molar-refractivity contribution in [1.29, 1.82) is 0 Å². The van der Waals surface area contributed by atoms with E-state index >= 15 is 0 Å². The molecule has 0 aromatic heterocycles. The zero-order valence-electron chi connectivity index (χ0n) is 12.9. The first-order valence-corrected chi connectivity index (χ1v) is 8.74. The number of nitrogens with zero attached hydrogens (tertiary/aromatic N) is 1. The zero-order valence-corrected chi connectivity index (χ0v) is 13.7. The monoisotopic (exact) mass is 298 g/mol. The van der Waals surface area contributed by atoms with Gasteiger partial charge in [-0.05, 0) is 37.9 Å². The molecule has 0 aromatic carbocycles. The van der Waals surface area contributed by atoms with Crippen LogP contribution in [0.1, 0.15) is 47.0 Å². The van der Waals surface area contributed by atoms with Gasteiger partial charge in [0, 0.05) is 11.3 Å². The molecule has 4 nitrogen and oxygen atoms in total. The van der Waals surface area contributed by atoms with Gasteiger partial charge in [-0.2, -0.15) is 11.8 Å². The summed E-state index contributed by atoms with van der Waals surface area (Å²) in [6.07, 6.45) is 3.23. The van der Waals surface area contributed by atoms with Gasteiger partial charge in [-0.25, -0.2) is 0 Å². The highest BCUT2D eigenvalue weighted by Gasteiger charge is 2.45. The average molecular weight is 298 g/mol. The summed E-state index contributed by atoms with van der Waals surface area (Å²) in [6, 6.07) is -0.433. The summed E-state index contributed by atoms with van der Waals surface area (Å²) < 4.78 is 0. The highest BCUT2D eigenvalue weighted by molar-refractivity contribution is 7.99. The third kappa shape index (κ3) is 2.97. The first kappa shape index (κ1) is 15.7. The number of hydrogen-bond donors (Lipinski definition) is 1. The van der Waals surface area contributed by atoms with E-state index in [1.165, 1.54) is 0 Å². The normalized spacial score (nSPS) is 34.8. The number of carbonyl (C=O) groups excluding carboxylic acids is 2. The van der Waals surface area contributed by atoms with Gasteiger partial charge < -0.3 is 10.2 Å². The lowest BCUT2D eigenvalue weighted by molar-refractivity contribution is -0.153. The Morgan fingerprint density at radius 3 is 2.65 bits per heavy atom. The molecular formula is C15H26N2O2S. The van der Waals surface area contributed by atoms with Crippen LogP contribution in [0.15, 0.2) is 0 Å². The molecule has 5 heteroatoms. The van der Waals surface area contributed by atoms with E-state index in [9.17, 15) is 9.59 Å². The van der Waals surface area contributed by atoms with E-state index < -0.39 is 0 Å². The van der Waals surface area contributed by atoms with Crippen molar-refractivity contribution in [1.82, 2.24) is 10.2 Å². The Kier molecular flexibility index (Phi) is 4.99. The molecule has 1 aliphatic carbocycles. The Bertz CT molecular complexity index is 386. The number of carbonyl (C=O) groups is 2. The van der Waals surface area contributed by atoms with Gasteiger partial charge in [0.05, 0.1) is 0 Å². The molecule has 1 aliphatic heterocycles. The van der Waals surface area contributed by atoms with Crippen LogP contribution in [0, 0.1) is 5.92 Å². The van der Waals surface area contributed by atoms with Gasteiger partial charge in [-0.1, -0.05) is 20.8 Å². The fourth-order valence-electron chi connectivity index (χ4n) is 3.44. The summed E-state index contributed by atoms with van der Waals surface area (Å²) in [5.74, 6) is 1.38. The molecule has 20 heavy (non-hydrogen) atoms. The van der Waals surface area contributed by atoms with Crippen LogP contribution in [0.3, 0.4) is 0 Å². The van der Waals surface area contributed by atoms with Crippen LogP contribution >= 0.6 is 11.8 Å². The van der Waals surface area contributed by atoms with E-state index in [0.29, 0.717) is 5.25 Å². The summed E-state index contributed by atoms with van der Waals surface area (Å²) in [5, 5.41) is 3.46. The predicted molar refractivity (Wildman–Crippen MR) is 82.6 cm³/mol. The minimum Gasteiger partial charge on any atom is -0.343 e. The van der Waals surface area contributed by atoms with Crippen molar-refractivity contribution in [2.45, 2.75) is 70.3 Å². The van der Waals surface area contributed by atoms with E-state index in [1.807, 2.05) is 30.5 Å². The number of hydrogen-bond acceptors (Lipinski definition) is 3. The molecular weight excluding hydrogens is 272 g/mol. The van der Waals surface area contributed by atoms with Gasteiger partial charge in [-0.3, -0.25) is 9.59 Å². The molecule has 1 saturated carbocycles. The van der Waals surface area contributed by atoms with Crippen LogP contribution in [-0.2, 0) is 9.59 Å². The van der Waals surface area contributed by atoms with Crippen molar-refractivity contribution in [2.24, 2.45) is 5.92 Å². The van der Waals surface area contributed by atoms with Gasteiger partial charge in [0.1, 0.15) is 12.1 Å². The van der Waals surface area contributed by atoms with Crippen molar-refractivity contribution in [3.05, 3.63) is 0 Å². The van der Waals surface area contributed by atoms with Crippen LogP contribution in [0.25, 0.3) is 0 Å². The number of amides is 2. The molecule has 0 radical (unpaired) electrons. The molecule has 4 unspecified atom stereocenters. The topological polar surface area (TPSA) is 49.4 Å². The standard InChI is InChI=1S/C15H26N2O2S/c1-5-20-12-7-6-11(8-12)17-13(9(2)3)14(18)16-10(4)15(17)19/h9-13H,5-8H2,1-4H3,(H,16,18). The van der Waals surface area contributed by atoms with Gasteiger partial charge in [0.15, 0.2) is 0 Å². The lowest BCUT2D eigenvalue weighted by atomic mass is 9.95. The second-order valence-corrected chi connectivity index (χ2v) is 7.79. The molecule has 0 spiro atoms. The van der Waals surface area contributed by atoms with Crippen LogP contribution in [-0.4, -0.2) is 45.8 Å². The highest BCUT2D eigenvalue weighted by Crippen LogP contribution is 2.35. The maximum Gasteiger partial charge on any atom is 0.245 e. The van der Waals surface area contributed by atoms with E-state index in [1.54, 1.807) is 6.92 Å². The fraction of sp³-hybridized carbons (Fsp3) is 0.867. The van der Waals surface area contributed by atoms with Crippen molar-refractivity contribution in [2.75, 3.05) is 5.75 Å². The van der Waals surface area contributed by atoms with E-state index in [2.05, 4.69) is 12.2 Å². The second-order valence-electron chi connectivity index (χ2n) is 6.21. The summed E-state index contributed by atoms with van der Waals surface area (Å²) >= 11 is 1.98. The zero-order chi connectivity index (χ0) is 14.9. The molecule has 2 fully saturated rings. The minimum absolute atomic E-state index is 0.0127. The number of rotatable bonds is 4. The van der Waals surface area contributed by atoms with Crippen LogP contribution < -0.4 is 5.32 Å². The maximum atomic E-state index is 12.5. The number of piperazine rings is 1. The quantitative estimate of drug-likeness (QED) is 0.864. The van der Waals surface area contributed by atoms with Crippen LogP contribution in [0.5, 0.6) is 0 Å². The Morgan fingerprint density at radius 2 is 2.05 bits per heavy atom. The SMILES string of the molecule is CCSC1CCC(N2C(=O)C(C)NC(=O)C2C(C)C)C1. The van der Waals surface area contributed by atoms with E-state index in [0.717, 1.165) is 25.0 Å². The lowest BCUT2D eigenvalue weighted by Crippen LogP contribution is -2.66. The summed E-state index contributed by atoms with van der Waals surface area (Å²) in [4.78, 5) is 26.7. The third-order valence-electron chi connectivity index (χ3n) is 4.34.